The Morgan fingerprint density at radius 2 is 1.57 bits per heavy atom. The molecule has 0 saturated carbocycles. The second kappa shape index (κ2) is 8.41. The molecular formula is C25H23NO4. The van der Waals surface area contributed by atoms with Crippen LogP contribution in [0.15, 0.2) is 72.8 Å². The van der Waals surface area contributed by atoms with Gasteiger partial charge in [-0.25, -0.2) is 9.59 Å². The molecule has 5 heteroatoms. The van der Waals surface area contributed by atoms with E-state index in [0.29, 0.717) is 0 Å². The number of carbonyl (C=O) groups excluding carboxylic acids is 1. The van der Waals surface area contributed by atoms with E-state index in [9.17, 15) is 14.7 Å². The maximum absolute atomic E-state index is 12.5. The van der Waals surface area contributed by atoms with Crippen LogP contribution in [0.1, 0.15) is 29.5 Å². The molecule has 1 aliphatic carbocycles. The van der Waals surface area contributed by atoms with Gasteiger partial charge in [0.1, 0.15) is 12.6 Å². The number of benzene rings is 3. The molecule has 3 aromatic rings. The van der Waals surface area contributed by atoms with Crippen molar-refractivity contribution in [2.45, 2.75) is 25.3 Å². The molecule has 2 N–H and O–H groups in total. The van der Waals surface area contributed by atoms with Crippen LogP contribution in [0.5, 0.6) is 0 Å². The zero-order valence-corrected chi connectivity index (χ0v) is 16.5. The average molecular weight is 402 g/mol. The van der Waals surface area contributed by atoms with Crippen molar-refractivity contribution in [2.24, 2.45) is 0 Å². The van der Waals surface area contributed by atoms with Crippen LogP contribution < -0.4 is 5.32 Å². The third-order valence-corrected chi connectivity index (χ3v) is 5.34. The van der Waals surface area contributed by atoms with E-state index in [1.54, 1.807) is 0 Å². The Bertz CT molecular complexity index is 1070. The van der Waals surface area contributed by atoms with Crippen molar-refractivity contribution in [1.29, 1.82) is 0 Å². The van der Waals surface area contributed by atoms with E-state index < -0.39 is 30.6 Å². The highest BCUT2D eigenvalue weighted by Gasteiger charge is 2.29. The highest BCUT2D eigenvalue weighted by molar-refractivity contribution is 5.81. The highest BCUT2D eigenvalue weighted by atomic mass is 16.5. The standard InChI is InChI=1S/C25H23NO4/c1-16-10-12-17(13-11-16)14-23(24(27)28)26-25(29)30-15-22-20-8-4-2-6-18(20)19-7-3-5-9-21(19)22/h2-13,22-23H,14-15H2,1H3,(H,26,29)(H,27,28)/t23-/m0/s1/i15D/t15?,23-. The molecule has 0 heterocycles. The Morgan fingerprint density at radius 3 is 2.13 bits per heavy atom. The summed E-state index contributed by atoms with van der Waals surface area (Å²) in [5.41, 5.74) is 5.74. The molecule has 1 amide bonds. The minimum atomic E-state index is -1.21. The molecule has 152 valence electrons. The van der Waals surface area contributed by atoms with E-state index in [1.807, 2.05) is 79.7 Å². The van der Waals surface area contributed by atoms with Crippen molar-refractivity contribution < 1.29 is 20.8 Å². The minimum absolute atomic E-state index is 0.127. The molecule has 1 unspecified atom stereocenters. The Morgan fingerprint density at radius 1 is 1.00 bits per heavy atom. The molecule has 30 heavy (non-hydrogen) atoms. The van der Waals surface area contributed by atoms with E-state index in [1.165, 1.54) is 0 Å². The van der Waals surface area contributed by atoms with Crippen LogP contribution in [-0.2, 0) is 16.0 Å². The first kappa shape index (κ1) is 18.4. The van der Waals surface area contributed by atoms with Gasteiger partial charge < -0.3 is 15.2 Å². The molecule has 3 aromatic carbocycles. The lowest BCUT2D eigenvalue weighted by molar-refractivity contribution is -0.139. The molecule has 0 radical (unpaired) electrons. The number of aryl methyl sites for hydroxylation is 1. The van der Waals surface area contributed by atoms with Gasteiger partial charge in [0.05, 0.1) is 1.37 Å². The summed E-state index contributed by atoms with van der Waals surface area (Å²) < 4.78 is 13.9. The van der Waals surface area contributed by atoms with Gasteiger partial charge in [-0.15, -0.1) is 0 Å². The first-order valence-electron chi connectivity index (χ1n) is 10.4. The molecule has 1 aliphatic rings. The molecule has 0 aromatic heterocycles. The van der Waals surface area contributed by atoms with Gasteiger partial charge in [0, 0.05) is 12.3 Å². The van der Waals surface area contributed by atoms with Gasteiger partial charge in [-0.2, -0.15) is 0 Å². The van der Waals surface area contributed by atoms with Crippen LogP contribution in [-0.4, -0.2) is 29.8 Å². The number of hydrogen-bond donors (Lipinski definition) is 2. The number of carboxylic acids is 1. The van der Waals surface area contributed by atoms with Crippen molar-refractivity contribution in [1.82, 2.24) is 5.32 Å². The van der Waals surface area contributed by atoms with Crippen LogP contribution in [0.2, 0.25) is 0 Å². The molecule has 0 spiro atoms. The molecular weight excluding hydrogens is 378 g/mol. The van der Waals surface area contributed by atoms with Crippen molar-refractivity contribution in [2.75, 3.05) is 6.58 Å². The minimum Gasteiger partial charge on any atom is -0.480 e. The van der Waals surface area contributed by atoms with E-state index >= 15 is 0 Å². The number of ether oxygens (including phenoxy) is 1. The lowest BCUT2D eigenvalue weighted by atomic mass is 9.98. The maximum atomic E-state index is 12.5. The molecule has 2 atom stereocenters. The Balaban J connectivity index is 1.48. The van der Waals surface area contributed by atoms with E-state index in [2.05, 4.69) is 5.32 Å². The molecule has 0 fully saturated rings. The number of carboxylic acid groups (broad SMARTS) is 1. The first-order valence-corrected chi connectivity index (χ1v) is 9.80. The summed E-state index contributed by atoms with van der Waals surface area (Å²) >= 11 is 0. The van der Waals surface area contributed by atoms with Gasteiger partial charge in [-0.05, 0) is 34.7 Å². The highest BCUT2D eigenvalue weighted by Crippen LogP contribution is 2.44. The van der Waals surface area contributed by atoms with Crippen LogP contribution >= 0.6 is 0 Å². The third kappa shape index (κ3) is 4.06. The van der Waals surface area contributed by atoms with Crippen molar-refractivity contribution >= 4 is 12.1 Å². The lowest BCUT2D eigenvalue weighted by Crippen LogP contribution is -2.42. The monoisotopic (exact) mass is 402 g/mol. The summed E-state index contributed by atoms with van der Waals surface area (Å²) in [7, 11) is 0. The zero-order valence-electron chi connectivity index (χ0n) is 17.5. The van der Waals surface area contributed by atoms with Crippen LogP contribution in [0, 0.1) is 6.92 Å². The van der Waals surface area contributed by atoms with E-state index in [4.69, 9.17) is 6.11 Å². The van der Waals surface area contributed by atoms with Crippen molar-refractivity contribution in [3.05, 3.63) is 95.1 Å². The van der Waals surface area contributed by atoms with E-state index in [0.717, 1.165) is 33.4 Å². The summed E-state index contributed by atoms with van der Waals surface area (Å²) in [6.07, 6.45) is -0.788. The summed E-state index contributed by atoms with van der Waals surface area (Å²) in [6, 6.07) is 21.8. The van der Waals surface area contributed by atoms with Gasteiger partial charge in [-0.3, -0.25) is 0 Å². The molecule has 5 nitrogen and oxygen atoms in total. The number of aliphatic carboxylic acids is 1. The summed E-state index contributed by atoms with van der Waals surface area (Å²) in [5, 5.41) is 11.9. The summed E-state index contributed by atoms with van der Waals surface area (Å²) in [6.45, 7) is 0.737. The number of amides is 1. The zero-order chi connectivity index (χ0) is 22.0. The Kier molecular flexibility index (Phi) is 5.17. The number of alkyl carbamates (subject to hydrolysis) is 1. The molecule has 0 saturated heterocycles. The number of rotatable bonds is 6. The summed E-state index contributed by atoms with van der Waals surface area (Å²) in [4.78, 5) is 24.1. The van der Waals surface area contributed by atoms with Crippen LogP contribution in [0.3, 0.4) is 0 Å². The predicted octanol–water partition coefficient (Wildman–Crippen LogP) is 4.53. The quantitative estimate of drug-likeness (QED) is 0.635. The molecule has 4 rings (SSSR count). The molecule has 0 bridgehead atoms. The number of carbonyl (C=O) groups is 2. The van der Waals surface area contributed by atoms with Crippen LogP contribution in [0.4, 0.5) is 4.79 Å². The van der Waals surface area contributed by atoms with E-state index in [-0.39, 0.29) is 6.42 Å². The Hall–Kier alpha value is -3.60. The normalized spacial score (nSPS) is 14.8. The smallest absolute Gasteiger partial charge is 0.407 e. The fourth-order valence-corrected chi connectivity index (χ4v) is 3.81. The number of hydrogen-bond acceptors (Lipinski definition) is 3. The second-order valence-electron chi connectivity index (χ2n) is 7.42. The summed E-state index contributed by atoms with van der Waals surface area (Å²) in [5.74, 6) is -1.59. The predicted molar refractivity (Wildman–Crippen MR) is 115 cm³/mol. The van der Waals surface area contributed by atoms with Crippen molar-refractivity contribution in [3.63, 3.8) is 0 Å². The lowest BCUT2D eigenvalue weighted by Gasteiger charge is -2.17. The molecule has 0 aliphatic heterocycles. The van der Waals surface area contributed by atoms with Gasteiger partial charge >= 0.3 is 12.1 Å². The largest absolute Gasteiger partial charge is 0.480 e. The third-order valence-electron chi connectivity index (χ3n) is 5.34. The van der Waals surface area contributed by atoms with Gasteiger partial charge in [-0.1, -0.05) is 78.4 Å². The van der Waals surface area contributed by atoms with Gasteiger partial charge in [0.2, 0.25) is 0 Å². The van der Waals surface area contributed by atoms with Gasteiger partial charge in [0.25, 0.3) is 0 Å². The number of fused-ring (bicyclic) bond motifs is 3. The first-order chi connectivity index (χ1) is 14.9. The second-order valence-corrected chi connectivity index (χ2v) is 7.42. The average Bonchev–Trinajstić information content (AvgIpc) is 3.09. The fraction of sp³-hybridized carbons (Fsp3) is 0.200. The Labute approximate surface area is 176 Å². The topological polar surface area (TPSA) is 75.6 Å². The maximum Gasteiger partial charge on any atom is 0.407 e. The van der Waals surface area contributed by atoms with Gasteiger partial charge in [0.15, 0.2) is 0 Å². The van der Waals surface area contributed by atoms with Crippen LogP contribution in [0.25, 0.3) is 11.1 Å². The fourth-order valence-electron chi connectivity index (χ4n) is 3.81. The number of nitrogens with one attached hydrogen (secondary N) is 1. The van der Waals surface area contributed by atoms with Crippen molar-refractivity contribution in [3.8, 4) is 11.1 Å². The SMILES string of the molecule is [2H]C(OC(=O)N[C@@H](Cc1ccc(C)cc1)C(=O)O)C1c2ccccc2-c2ccccc21.